The van der Waals surface area contributed by atoms with Crippen molar-refractivity contribution in [2.24, 2.45) is 5.92 Å². The molecule has 16 heavy (non-hydrogen) atoms. The number of hydrogen-bond donors (Lipinski definition) is 1. The molecule has 96 valence electrons. The van der Waals surface area contributed by atoms with Crippen LogP contribution in [0.2, 0.25) is 0 Å². The van der Waals surface area contributed by atoms with Crippen LogP contribution in [0.1, 0.15) is 52.4 Å². The molecule has 3 nitrogen and oxygen atoms in total. The molecule has 3 heteroatoms. The van der Waals surface area contributed by atoms with E-state index in [4.69, 9.17) is 14.6 Å². The zero-order chi connectivity index (χ0) is 11.8. The van der Waals surface area contributed by atoms with Crippen LogP contribution in [0.3, 0.4) is 0 Å². The lowest BCUT2D eigenvalue weighted by Gasteiger charge is -2.09. The van der Waals surface area contributed by atoms with Crippen LogP contribution in [-0.2, 0) is 9.47 Å². The van der Waals surface area contributed by atoms with E-state index in [2.05, 4.69) is 6.92 Å². The molecule has 0 bridgehead atoms. The maximum absolute atomic E-state index is 8.85. The summed E-state index contributed by atoms with van der Waals surface area (Å²) in [7, 11) is 0. The van der Waals surface area contributed by atoms with E-state index in [1.54, 1.807) is 6.92 Å². The van der Waals surface area contributed by atoms with Crippen LogP contribution in [0.4, 0.5) is 0 Å². The van der Waals surface area contributed by atoms with Crippen molar-refractivity contribution in [2.75, 3.05) is 13.2 Å². The van der Waals surface area contributed by atoms with Gasteiger partial charge in [-0.3, -0.25) is 0 Å². The zero-order valence-corrected chi connectivity index (χ0v) is 10.7. The predicted octanol–water partition coefficient (Wildman–Crippen LogP) is 2.72. The van der Waals surface area contributed by atoms with E-state index in [-0.39, 0.29) is 12.4 Å². The highest BCUT2D eigenvalue weighted by Gasteiger charge is 2.17. The SMILES string of the molecule is CC(O)CC1OCCO1.CCC1CCCC1. The van der Waals surface area contributed by atoms with Crippen molar-refractivity contribution in [1.29, 1.82) is 0 Å². The second kappa shape index (κ2) is 8.04. The van der Waals surface area contributed by atoms with E-state index in [1.165, 1.54) is 32.1 Å². The second-order valence-electron chi connectivity index (χ2n) is 4.81. The van der Waals surface area contributed by atoms with Gasteiger partial charge in [-0.25, -0.2) is 0 Å². The minimum absolute atomic E-state index is 0.162. The second-order valence-corrected chi connectivity index (χ2v) is 4.81. The van der Waals surface area contributed by atoms with Gasteiger partial charge in [0.1, 0.15) is 0 Å². The van der Waals surface area contributed by atoms with E-state index in [0.29, 0.717) is 19.6 Å². The van der Waals surface area contributed by atoms with E-state index in [1.807, 2.05) is 0 Å². The van der Waals surface area contributed by atoms with Gasteiger partial charge in [0.15, 0.2) is 6.29 Å². The molecule has 0 radical (unpaired) electrons. The maximum atomic E-state index is 8.85. The standard InChI is InChI=1S/C7H14.C6H12O3/c1-2-7-5-3-4-6-7;1-5(7)4-6-8-2-3-9-6/h7H,2-6H2,1H3;5-7H,2-4H2,1H3. The Bertz CT molecular complexity index is 159. The third-order valence-electron chi connectivity index (χ3n) is 3.28. The summed E-state index contributed by atoms with van der Waals surface area (Å²) < 4.78 is 10.2. The van der Waals surface area contributed by atoms with Crippen LogP contribution >= 0.6 is 0 Å². The fourth-order valence-corrected chi connectivity index (χ4v) is 2.24. The van der Waals surface area contributed by atoms with Gasteiger partial charge in [0.05, 0.1) is 19.3 Å². The van der Waals surface area contributed by atoms with Gasteiger partial charge in [-0.15, -0.1) is 0 Å². The average Bonchev–Trinajstić information content (AvgIpc) is 2.88. The Morgan fingerprint density at radius 2 is 1.75 bits per heavy atom. The summed E-state index contributed by atoms with van der Waals surface area (Å²) in [5.41, 5.74) is 0. The molecule has 2 aliphatic rings. The number of rotatable bonds is 3. The van der Waals surface area contributed by atoms with Gasteiger partial charge in [0.2, 0.25) is 0 Å². The number of hydrogen-bond acceptors (Lipinski definition) is 3. The van der Waals surface area contributed by atoms with E-state index in [0.717, 1.165) is 5.92 Å². The molecular formula is C13H26O3. The maximum Gasteiger partial charge on any atom is 0.160 e. The normalized spacial score (nSPS) is 24.2. The molecule has 1 saturated carbocycles. The molecule has 1 saturated heterocycles. The molecule has 0 aromatic carbocycles. The van der Waals surface area contributed by atoms with Crippen LogP contribution in [0, 0.1) is 5.92 Å². The molecule has 1 aliphatic carbocycles. The highest BCUT2D eigenvalue weighted by Crippen LogP contribution is 2.26. The van der Waals surface area contributed by atoms with Crippen molar-refractivity contribution in [1.82, 2.24) is 0 Å². The topological polar surface area (TPSA) is 38.7 Å². The predicted molar refractivity (Wildman–Crippen MR) is 64.2 cm³/mol. The molecule has 0 amide bonds. The van der Waals surface area contributed by atoms with Gasteiger partial charge in [-0.05, 0) is 12.8 Å². The van der Waals surface area contributed by atoms with Crippen LogP contribution < -0.4 is 0 Å². The Morgan fingerprint density at radius 3 is 2.12 bits per heavy atom. The first-order chi connectivity index (χ1) is 7.72. The van der Waals surface area contributed by atoms with Crippen LogP contribution in [-0.4, -0.2) is 30.7 Å². The molecule has 1 N–H and O–H groups in total. The van der Waals surface area contributed by atoms with Crippen molar-refractivity contribution >= 4 is 0 Å². The van der Waals surface area contributed by atoms with Crippen LogP contribution in [0.25, 0.3) is 0 Å². The van der Waals surface area contributed by atoms with Crippen molar-refractivity contribution in [3.05, 3.63) is 0 Å². The summed E-state index contributed by atoms with van der Waals surface area (Å²) in [6, 6.07) is 0. The fraction of sp³-hybridized carbons (Fsp3) is 1.00. The number of aliphatic hydroxyl groups excluding tert-OH is 1. The Balaban J connectivity index is 0.000000165. The van der Waals surface area contributed by atoms with Gasteiger partial charge >= 0.3 is 0 Å². The van der Waals surface area contributed by atoms with E-state index < -0.39 is 0 Å². The van der Waals surface area contributed by atoms with Crippen molar-refractivity contribution < 1.29 is 14.6 Å². The quantitative estimate of drug-likeness (QED) is 0.810. The Labute approximate surface area is 99.1 Å². The summed E-state index contributed by atoms with van der Waals surface area (Å²) in [4.78, 5) is 0. The fourth-order valence-electron chi connectivity index (χ4n) is 2.24. The smallest absolute Gasteiger partial charge is 0.160 e. The lowest BCUT2D eigenvalue weighted by Crippen LogP contribution is -2.15. The third kappa shape index (κ3) is 5.83. The first-order valence-corrected chi connectivity index (χ1v) is 6.63. The first kappa shape index (κ1) is 13.9. The molecule has 0 aromatic heterocycles. The number of aliphatic hydroxyl groups is 1. The Hall–Kier alpha value is -0.120. The highest BCUT2D eigenvalue weighted by molar-refractivity contribution is 4.64. The Morgan fingerprint density at radius 1 is 1.19 bits per heavy atom. The average molecular weight is 230 g/mol. The summed E-state index contributed by atoms with van der Waals surface area (Å²) in [5.74, 6) is 1.10. The van der Waals surface area contributed by atoms with Gasteiger partial charge in [-0.1, -0.05) is 39.0 Å². The monoisotopic (exact) mass is 230 g/mol. The third-order valence-corrected chi connectivity index (χ3v) is 3.28. The molecule has 0 spiro atoms. The summed E-state index contributed by atoms with van der Waals surface area (Å²) in [6.07, 6.45) is 7.53. The lowest BCUT2D eigenvalue weighted by atomic mass is 10.1. The van der Waals surface area contributed by atoms with Gasteiger partial charge in [-0.2, -0.15) is 0 Å². The van der Waals surface area contributed by atoms with Gasteiger partial charge in [0.25, 0.3) is 0 Å². The summed E-state index contributed by atoms with van der Waals surface area (Å²) >= 11 is 0. The van der Waals surface area contributed by atoms with Crippen molar-refractivity contribution in [3.63, 3.8) is 0 Å². The van der Waals surface area contributed by atoms with Gasteiger partial charge < -0.3 is 14.6 Å². The molecule has 2 rings (SSSR count). The molecule has 2 fully saturated rings. The van der Waals surface area contributed by atoms with Crippen molar-refractivity contribution in [2.45, 2.75) is 64.8 Å². The minimum atomic E-state index is -0.326. The zero-order valence-electron chi connectivity index (χ0n) is 10.7. The minimum Gasteiger partial charge on any atom is -0.393 e. The van der Waals surface area contributed by atoms with E-state index >= 15 is 0 Å². The van der Waals surface area contributed by atoms with Crippen LogP contribution in [0.15, 0.2) is 0 Å². The molecule has 1 atom stereocenters. The van der Waals surface area contributed by atoms with Crippen molar-refractivity contribution in [3.8, 4) is 0 Å². The summed E-state index contributed by atoms with van der Waals surface area (Å²) in [5, 5.41) is 8.85. The highest BCUT2D eigenvalue weighted by atomic mass is 16.7. The lowest BCUT2D eigenvalue weighted by molar-refractivity contribution is -0.0672. The molecule has 1 unspecified atom stereocenters. The van der Waals surface area contributed by atoms with Crippen LogP contribution in [0.5, 0.6) is 0 Å². The molecule has 1 heterocycles. The Kier molecular flexibility index (Phi) is 7.01. The molecule has 1 aliphatic heterocycles. The molecule has 0 aromatic rings. The molecular weight excluding hydrogens is 204 g/mol. The first-order valence-electron chi connectivity index (χ1n) is 6.63. The number of ether oxygens (including phenoxy) is 2. The van der Waals surface area contributed by atoms with Gasteiger partial charge in [0, 0.05) is 6.42 Å². The van der Waals surface area contributed by atoms with E-state index in [9.17, 15) is 0 Å². The largest absolute Gasteiger partial charge is 0.393 e. The summed E-state index contributed by atoms with van der Waals surface area (Å²) in [6.45, 7) is 5.36.